The molecule has 0 saturated carbocycles. The van der Waals surface area contributed by atoms with Crippen LogP contribution >= 0.6 is 0 Å². The second-order valence-electron chi connectivity index (χ2n) is 8.10. The van der Waals surface area contributed by atoms with Gasteiger partial charge in [-0.25, -0.2) is 0 Å². The molecule has 0 aliphatic carbocycles. The van der Waals surface area contributed by atoms with Gasteiger partial charge in [-0.2, -0.15) is 0 Å². The van der Waals surface area contributed by atoms with E-state index < -0.39 is 0 Å². The van der Waals surface area contributed by atoms with Crippen molar-refractivity contribution in [2.24, 2.45) is 0 Å². The van der Waals surface area contributed by atoms with Crippen LogP contribution in [0.1, 0.15) is 26.3 Å². The summed E-state index contributed by atoms with van der Waals surface area (Å²) >= 11 is 0. The number of methoxy groups -OCH3 is 1. The van der Waals surface area contributed by atoms with Gasteiger partial charge in [0, 0.05) is 26.2 Å². The smallest absolute Gasteiger partial charge is 0.260 e. The lowest BCUT2D eigenvalue weighted by Crippen LogP contribution is -2.50. The Bertz CT molecular complexity index is 788. The fourth-order valence-electron chi connectivity index (χ4n) is 3.38. The SMILES string of the molecule is COc1ccccc1N1CCN(C(=O)COc2ccc(C(C)(C)C)cc2)CC1. The molecule has 1 aliphatic rings. The number of rotatable bonds is 5. The number of nitrogens with zero attached hydrogens (tertiary/aromatic N) is 2. The lowest BCUT2D eigenvalue weighted by molar-refractivity contribution is -0.133. The van der Waals surface area contributed by atoms with Crippen LogP contribution in [0.5, 0.6) is 11.5 Å². The molecule has 2 aromatic carbocycles. The highest BCUT2D eigenvalue weighted by Gasteiger charge is 2.23. The van der Waals surface area contributed by atoms with Gasteiger partial charge in [0.05, 0.1) is 12.8 Å². The average Bonchev–Trinajstić information content (AvgIpc) is 2.71. The Kier molecular flexibility index (Phi) is 6.12. The molecule has 0 atom stereocenters. The molecule has 0 radical (unpaired) electrons. The summed E-state index contributed by atoms with van der Waals surface area (Å²) in [6, 6.07) is 16.0. The largest absolute Gasteiger partial charge is 0.495 e. The molecule has 1 aliphatic heterocycles. The predicted molar refractivity (Wildman–Crippen MR) is 112 cm³/mol. The minimum absolute atomic E-state index is 0.0274. The summed E-state index contributed by atoms with van der Waals surface area (Å²) in [5.41, 5.74) is 2.43. The normalized spacial score (nSPS) is 14.7. The summed E-state index contributed by atoms with van der Waals surface area (Å²) in [7, 11) is 1.68. The van der Waals surface area contributed by atoms with Crippen molar-refractivity contribution in [1.29, 1.82) is 0 Å². The number of carbonyl (C=O) groups is 1. The van der Waals surface area contributed by atoms with Gasteiger partial charge in [-0.3, -0.25) is 4.79 Å². The van der Waals surface area contributed by atoms with Crippen LogP contribution in [0.4, 0.5) is 5.69 Å². The van der Waals surface area contributed by atoms with Crippen molar-refractivity contribution < 1.29 is 14.3 Å². The van der Waals surface area contributed by atoms with Crippen molar-refractivity contribution in [2.75, 3.05) is 44.8 Å². The summed E-state index contributed by atoms with van der Waals surface area (Å²) < 4.78 is 11.2. The maximum atomic E-state index is 12.5. The highest BCUT2D eigenvalue weighted by atomic mass is 16.5. The number of anilines is 1. The third kappa shape index (κ3) is 4.77. The number of para-hydroxylation sites is 2. The fourth-order valence-corrected chi connectivity index (χ4v) is 3.38. The molecule has 1 amide bonds. The Morgan fingerprint density at radius 3 is 2.21 bits per heavy atom. The van der Waals surface area contributed by atoms with E-state index in [-0.39, 0.29) is 17.9 Å². The lowest BCUT2D eigenvalue weighted by atomic mass is 9.87. The molecule has 1 heterocycles. The Labute approximate surface area is 167 Å². The van der Waals surface area contributed by atoms with Gasteiger partial charge in [0.1, 0.15) is 11.5 Å². The van der Waals surface area contributed by atoms with Crippen LogP contribution in [0, 0.1) is 0 Å². The monoisotopic (exact) mass is 382 g/mol. The number of hydrogen-bond donors (Lipinski definition) is 0. The number of hydrogen-bond acceptors (Lipinski definition) is 4. The van der Waals surface area contributed by atoms with Crippen LogP contribution in [0.2, 0.25) is 0 Å². The molecule has 5 nitrogen and oxygen atoms in total. The molecule has 0 spiro atoms. The fraction of sp³-hybridized carbons (Fsp3) is 0.435. The summed E-state index contributed by atoms with van der Waals surface area (Å²) in [6.07, 6.45) is 0. The summed E-state index contributed by atoms with van der Waals surface area (Å²) in [4.78, 5) is 16.7. The van der Waals surface area contributed by atoms with Crippen molar-refractivity contribution in [3.05, 3.63) is 54.1 Å². The van der Waals surface area contributed by atoms with Crippen LogP contribution in [-0.4, -0.2) is 50.7 Å². The van der Waals surface area contributed by atoms with Crippen LogP contribution in [0.15, 0.2) is 48.5 Å². The molecular weight excluding hydrogens is 352 g/mol. The summed E-state index contributed by atoms with van der Waals surface area (Å²) in [5, 5.41) is 0. The first-order valence-electron chi connectivity index (χ1n) is 9.77. The minimum atomic E-state index is 0.0274. The zero-order valence-electron chi connectivity index (χ0n) is 17.3. The first-order valence-corrected chi connectivity index (χ1v) is 9.77. The number of ether oxygens (including phenoxy) is 2. The molecule has 5 heteroatoms. The van der Waals surface area contributed by atoms with Crippen LogP contribution < -0.4 is 14.4 Å². The molecule has 150 valence electrons. The second kappa shape index (κ2) is 8.55. The van der Waals surface area contributed by atoms with Gasteiger partial charge >= 0.3 is 0 Å². The Morgan fingerprint density at radius 1 is 0.964 bits per heavy atom. The van der Waals surface area contributed by atoms with Gasteiger partial charge in [-0.15, -0.1) is 0 Å². The molecule has 2 aromatic rings. The zero-order valence-corrected chi connectivity index (χ0v) is 17.3. The van der Waals surface area contributed by atoms with E-state index >= 15 is 0 Å². The highest BCUT2D eigenvalue weighted by Crippen LogP contribution is 2.28. The van der Waals surface area contributed by atoms with Crippen LogP contribution in [-0.2, 0) is 10.2 Å². The number of carbonyl (C=O) groups excluding carboxylic acids is 1. The average molecular weight is 383 g/mol. The van der Waals surface area contributed by atoms with Crippen molar-refractivity contribution in [3.63, 3.8) is 0 Å². The van der Waals surface area contributed by atoms with E-state index in [0.717, 1.165) is 30.3 Å². The van der Waals surface area contributed by atoms with Crippen LogP contribution in [0.25, 0.3) is 0 Å². The van der Waals surface area contributed by atoms with Gasteiger partial charge in [0.2, 0.25) is 0 Å². The molecule has 28 heavy (non-hydrogen) atoms. The van der Waals surface area contributed by atoms with Gasteiger partial charge < -0.3 is 19.3 Å². The van der Waals surface area contributed by atoms with E-state index in [1.54, 1.807) is 7.11 Å². The molecule has 1 fully saturated rings. The molecule has 0 N–H and O–H groups in total. The van der Waals surface area contributed by atoms with Gasteiger partial charge in [0.25, 0.3) is 5.91 Å². The molecule has 0 aromatic heterocycles. The van der Waals surface area contributed by atoms with E-state index in [4.69, 9.17) is 9.47 Å². The third-order valence-corrected chi connectivity index (χ3v) is 5.14. The van der Waals surface area contributed by atoms with Crippen LogP contribution in [0.3, 0.4) is 0 Å². The summed E-state index contributed by atoms with van der Waals surface area (Å²) in [5.74, 6) is 1.62. The van der Waals surface area contributed by atoms with E-state index in [9.17, 15) is 4.79 Å². The zero-order chi connectivity index (χ0) is 20.1. The first kappa shape index (κ1) is 20.1. The number of piperazine rings is 1. The van der Waals surface area contributed by atoms with Crippen molar-refractivity contribution in [2.45, 2.75) is 26.2 Å². The standard InChI is InChI=1S/C23H30N2O3/c1-23(2,3)18-9-11-19(12-10-18)28-17-22(26)25-15-13-24(14-16-25)20-7-5-6-8-21(20)27-4/h5-12H,13-17H2,1-4H3. The predicted octanol–water partition coefficient (Wildman–Crippen LogP) is 3.72. The van der Waals surface area contributed by atoms with Gasteiger partial charge in [0.15, 0.2) is 6.61 Å². The van der Waals surface area contributed by atoms with Gasteiger partial charge in [-0.1, -0.05) is 45.0 Å². The van der Waals surface area contributed by atoms with Crippen molar-refractivity contribution in [3.8, 4) is 11.5 Å². The summed E-state index contributed by atoms with van der Waals surface area (Å²) in [6.45, 7) is 9.54. The Morgan fingerprint density at radius 2 is 1.61 bits per heavy atom. The third-order valence-electron chi connectivity index (χ3n) is 5.14. The first-order chi connectivity index (χ1) is 13.4. The quantitative estimate of drug-likeness (QED) is 0.790. The Hall–Kier alpha value is -2.69. The lowest BCUT2D eigenvalue weighted by Gasteiger charge is -2.36. The molecule has 0 unspecified atom stereocenters. The molecular formula is C23H30N2O3. The molecule has 0 bridgehead atoms. The second-order valence-corrected chi connectivity index (χ2v) is 8.10. The maximum absolute atomic E-state index is 12.5. The maximum Gasteiger partial charge on any atom is 0.260 e. The van der Waals surface area contributed by atoms with Gasteiger partial charge in [-0.05, 0) is 35.2 Å². The molecule has 1 saturated heterocycles. The number of amides is 1. The topological polar surface area (TPSA) is 42.0 Å². The van der Waals surface area contributed by atoms with E-state index in [1.807, 2.05) is 35.2 Å². The van der Waals surface area contributed by atoms with Crippen molar-refractivity contribution in [1.82, 2.24) is 4.90 Å². The minimum Gasteiger partial charge on any atom is -0.495 e. The Balaban J connectivity index is 1.50. The number of benzene rings is 2. The van der Waals surface area contributed by atoms with E-state index in [1.165, 1.54) is 5.56 Å². The highest BCUT2D eigenvalue weighted by molar-refractivity contribution is 5.78. The van der Waals surface area contributed by atoms with Crippen molar-refractivity contribution >= 4 is 11.6 Å². The molecule has 3 rings (SSSR count). The van der Waals surface area contributed by atoms with E-state index in [0.29, 0.717) is 13.1 Å². The van der Waals surface area contributed by atoms with E-state index in [2.05, 4.69) is 43.9 Å².